The van der Waals surface area contributed by atoms with Crippen LogP contribution in [0.1, 0.15) is 0 Å². The summed E-state index contributed by atoms with van der Waals surface area (Å²) in [5.41, 5.74) is 1.36. The Hall–Kier alpha value is -3.27. The molecule has 29 heavy (non-hydrogen) atoms. The van der Waals surface area contributed by atoms with E-state index in [1.54, 1.807) is 42.4 Å². The minimum Gasteiger partial charge on any atom is -0.493 e. The van der Waals surface area contributed by atoms with E-state index in [9.17, 15) is 4.39 Å². The average molecular weight is 459 g/mol. The second-order valence-corrected chi connectivity index (χ2v) is 6.86. The number of nitrogens with zero attached hydrogens (tertiary/aromatic N) is 5. The van der Waals surface area contributed by atoms with Gasteiger partial charge in [0.2, 0.25) is 0 Å². The van der Waals surface area contributed by atoms with Gasteiger partial charge in [0.1, 0.15) is 24.6 Å². The number of fused-ring (bicyclic) bond motifs is 1. The molecule has 0 aliphatic carbocycles. The lowest BCUT2D eigenvalue weighted by atomic mass is 10.2. The lowest BCUT2D eigenvalue weighted by molar-refractivity contribution is 0.273. The van der Waals surface area contributed by atoms with Crippen LogP contribution in [0.4, 0.5) is 15.9 Å². The maximum Gasteiger partial charge on any atom is 0.163 e. The summed E-state index contributed by atoms with van der Waals surface area (Å²) in [6.45, 7) is 0.945. The van der Waals surface area contributed by atoms with Gasteiger partial charge in [-0.3, -0.25) is 0 Å². The molecule has 0 bridgehead atoms. The molecule has 4 aromatic rings. The van der Waals surface area contributed by atoms with Gasteiger partial charge in [-0.05, 0) is 40.2 Å². The fourth-order valence-electron chi connectivity index (χ4n) is 2.76. The Labute approximate surface area is 173 Å². The summed E-state index contributed by atoms with van der Waals surface area (Å²) in [7, 11) is 1.57. The molecule has 0 aliphatic rings. The van der Waals surface area contributed by atoms with Gasteiger partial charge in [-0.15, -0.1) is 5.10 Å². The zero-order valence-electron chi connectivity index (χ0n) is 15.3. The third-order valence-electron chi connectivity index (χ3n) is 4.15. The first-order chi connectivity index (χ1) is 14.1. The van der Waals surface area contributed by atoms with E-state index in [4.69, 9.17) is 9.47 Å². The zero-order chi connectivity index (χ0) is 20.2. The Kier molecular flexibility index (Phi) is 5.52. The number of nitrogens with one attached hydrogen (secondary N) is 1. The molecule has 1 N–H and O–H groups in total. The largest absolute Gasteiger partial charge is 0.493 e. The molecule has 0 unspecified atom stereocenters. The third-order valence-corrected chi connectivity index (χ3v) is 4.81. The molecule has 2 aromatic heterocycles. The molecule has 0 atom stereocenters. The van der Waals surface area contributed by atoms with Crippen molar-refractivity contribution in [3.8, 4) is 11.5 Å². The first-order valence-corrected chi connectivity index (χ1v) is 9.45. The van der Waals surface area contributed by atoms with Crippen molar-refractivity contribution in [1.82, 2.24) is 25.0 Å². The van der Waals surface area contributed by atoms with Crippen LogP contribution in [0.25, 0.3) is 10.9 Å². The van der Waals surface area contributed by atoms with Crippen molar-refractivity contribution < 1.29 is 13.9 Å². The summed E-state index contributed by atoms with van der Waals surface area (Å²) >= 11 is 3.35. The Balaban J connectivity index is 1.62. The first-order valence-electron chi connectivity index (χ1n) is 8.66. The van der Waals surface area contributed by atoms with Crippen LogP contribution in [-0.2, 0) is 6.54 Å². The molecule has 0 aliphatic heterocycles. The fraction of sp³-hybridized carbons (Fsp3) is 0.158. The Morgan fingerprint density at radius 3 is 2.83 bits per heavy atom. The topological polar surface area (TPSA) is 87.0 Å². The number of methoxy groups -OCH3 is 1. The maximum absolute atomic E-state index is 13.4. The zero-order valence-corrected chi connectivity index (χ0v) is 16.9. The number of hydrogen-bond acceptors (Lipinski definition) is 7. The van der Waals surface area contributed by atoms with Gasteiger partial charge in [0.15, 0.2) is 11.5 Å². The Bertz CT molecular complexity index is 1140. The van der Waals surface area contributed by atoms with E-state index < -0.39 is 0 Å². The summed E-state index contributed by atoms with van der Waals surface area (Å²) in [5, 5.41) is 11.6. The lowest BCUT2D eigenvalue weighted by Crippen LogP contribution is -2.09. The summed E-state index contributed by atoms with van der Waals surface area (Å²) in [6, 6.07) is 7.99. The molecule has 8 nitrogen and oxygen atoms in total. The van der Waals surface area contributed by atoms with Crippen LogP contribution in [0.15, 0.2) is 53.5 Å². The van der Waals surface area contributed by atoms with Gasteiger partial charge < -0.3 is 14.8 Å². The molecule has 2 heterocycles. The highest BCUT2D eigenvalue weighted by atomic mass is 79.9. The van der Waals surface area contributed by atoms with E-state index in [0.717, 1.165) is 5.39 Å². The Morgan fingerprint density at radius 1 is 1.17 bits per heavy atom. The predicted octanol–water partition coefficient (Wildman–Crippen LogP) is 3.95. The van der Waals surface area contributed by atoms with Crippen LogP contribution >= 0.6 is 15.9 Å². The van der Waals surface area contributed by atoms with Crippen LogP contribution in [0.2, 0.25) is 0 Å². The summed E-state index contributed by atoms with van der Waals surface area (Å²) in [6.07, 6.45) is 4.83. The third kappa shape index (κ3) is 4.27. The van der Waals surface area contributed by atoms with Gasteiger partial charge in [0, 0.05) is 22.1 Å². The van der Waals surface area contributed by atoms with Crippen LogP contribution in [0.5, 0.6) is 11.5 Å². The standard InChI is InChI=1S/C19H16BrFN6O2/c1-28-17-9-13-16(10-18(17)29-7-6-27-5-4-24-26-27)22-11-23-19(13)25-15-3-2-12(21)8-14(15)20/h2-5,8-11H,6-7H2,1H3,(H,22,23,25). The van der Waals surface area contributed by atoms with Gasteiger partial charge in [0.05, 0.1) is 31.1 Å². The Morgan fingerprint density at radius 2 is 2.07 bits per heavy atom. The van der Waals surface area contributed by atoms with E-state index in [0.29, 0.717) is 46.1 Å². The molecule has 2 aromatic carbocycles. The highest BCUT2D eigenvalue weighted by Gasteiger charge is 2.13. The first kappa shape index (κ1) is 19.1. The van der Waals surface area contributed by atoms with Crippen LogP contribution in [0, 0.1) is 5.82 Å². The van der Waals surface area contributed by atoms with E-state index in [1.165, 1.54) is 18.5 Å². The molecular formula is C19H16BrFN6O2. The highest BCUT2D eigenvalue weighted by Crippen LogP contribution is 2.35. The molecule has 0 saturated carbocycles. The van der Waals surface area contributed by atoms with Crippen molar-refractivity contribution in [3.05, 3.63) is 59.3 Å². The average Bonchev–Trinajstić information content (AvgIpc) is 3.23. The number of rotatable bonds is 7. The molecule has 0 spiro atoms. The summed E-state index contributed by atoms with van der Waals surface area (Å²) < 4.78 is 27.0. The number of halogens is 2. The van der Waals surface area contributed by atoms with E-state index in [1.807, 2.05) is 0 Å². The van der Waals surface area contributed by atoms with Crippen LogP contribution < -0.4 is 14.8 Å². The molecule has 148 valence electrons. The van der Waals surface area contributed by atoms with Gasteiger partial charge >= 0.3 is 0 Å². The normalized spacial score (nSPS) is 10.9. The second-order valence-electron chi connectivity index (χ2n) is 6.01. The predicted molar refractivity (Wildman–Crippen MR) is 109 cm³/mol. The van der Waals surface area contributed by atoms with Crippen LogP contribution in [0.3, 0.4) is 0 Å². The smallest absolute Gasteiger partial charge is 0.163 e. The minimum atomic E-state index is -0.329. The monoisotopic (exact) mass is 458 g/mol. The van der Waals surface area contributed by atoms with Crippen molar-refractivity contribution in [1.29, 1.82) is 0 Å². The quantitative estimate of drug-likeness (QED) is 0.448. The minimum absolute atomic E-state index is 0.329. The maximum atomic E-state index is 13.4. The van der Waals surface area contributed by atoms with Crippen molar-refractivity contribution in [2.75, 3.05) is 19.0 Å². The SMILES string of the molecule is COc1cc2c(Nc3ccc(F)cc3Br)ncnc2cc1OCCn1ccnn1. The number of anilines is 2. The van der Waals surface area contributed by atoms with Gasteiger partial charge in [-0.2, -0.15) is 0 Å². The number of benzene rings is 2. The number of hydrogen-bond donors (Lipinski definition) is 1. The van der Waals surface area contributed by atoms with Crippen molar-refractivity contribution in [2.24, 2.45) is 0 Å². The molecule has 10 heteroatoms. The van der Waals surface area contributed by atoms with Crippen molar-refractivity contribution >= 4 is 38.3 Å². The van der Waals surface area contributed by atoms with E-state index in [-0.39, 0.29) is 5.82 Å². The van der Waals surface area contributed by atoms with Gasteiger partial charge in [0.25, 0.3) is 0 Å². The van der Waals surface area contributed by atoms with Crippen molar-refractivity contribution in [2.45, 2.75) is 6.54 Å². The van der Waals surface area contributed by atoms with Gasteiger partial charge in [-0.1, -0.05) is 5.21 Å². The molecule has 0 amide bonds. The highest BCUT2D eigenvalue weighted by molar-refractivity contribution is 9.10. The fourth-order valence-corrected chi connectivity index (χ4v) is 3.21. The summed E-state index contributed by atoms with van der Waals surface area (Å²) in [4.78, 5) is 8.64. The number of aromatic nitrogens is 5. The van der Waals surface area contributed by atoms with Crippen molar-refractivity contribution in [3.63, 3.8) is 0 Å². The number of ether oxygens (including phenoxy) is 2. The molecular weight excluding hydrogens is 443 g/mol. The van der Waals surface area contributed by atoms with E-state index in [2.05, 4.69) is 41.5 Å². The molecule has 0 radical (unpaired) electrons. The van der Waals surface area contributed by atoms with E-state index >= 15 is 0 Å². The summed E-state index contributed by atoms with van der Waals surface area (Å²) in [5.74, 6) is 1.35. The molecule has 0 fully saturated rings. The molecule has 4 rings (SSSR count). The second kappa shape index (κ2) is 8.39. The lowest BCUT2D eigenvalue weighted by Gasteiger charge is -2.14. The van der Waals surface area contributed by atoms with Gasteiger partial charge in [-0.25, -0.2) is 19.0 Å². The van der Waals surface area contributed by atoms with Crippen LogP contribution in [-0.4, -0.2) is 38.7 Å². The molecule has 0 saturated heterocycles.